The molecule has 0 unspecified atom stereocenters. The zero-order valence-electron chi connectivity index (χ0n) is 8.93. The van der Waals surface area contributed by atoms with E-state index < -0.39 is 0 Å². The molecule has 17 heavy (non-hydrogen) atoms. The average Bonchev–Trinajstić information content (AvgIpc) is 2.38. The van der Waals surface area contributed by atoms with Crippen LogP contribution in [0, 0.1) is 11.3 Å². The van der Waals surface area contributed by atoms with Gasteiger partial charge in [0.15, 0.2) is 0 Å². The van der Waals surface area contributed by atoms with Gasteiger partial charge >= 0.3 is 0 Å². The minimum absolute atomic E-state index is 0.378. The molecule has 1 aromatic heterocycles. The molecular weight excluding hydrogens is 236 g/mol. The van der Waals surface area contributed by atoms with Gasteiger partial charge in [-0.05, 0) is 24.3 Å². The predicted molar refractivity (Wildman–Crippen MR) is 64.7 cm³/mol. The van der Waals surface area contributed by atoms with Crippen LogP contribution in [0.15, 0.2) is 42.6 Å². The SMILES string of the molecule is N#Cc1ccc(OCc2ccccn2)cc1Cl. The second-order valence-corrected chi connectivity index (χ2v) is 3.77. The molecule has 1 aromatic carbocycles. The van der Waals surface area contributed by atoms with Crippen molar-refractivity contribution in [1.29, 1.82) is 5.26 Å². The molecule has 2 aromatic rings. The van der Waals surface area contributed by atoms with E-state index in [4.69, 9.17) is 21.6 Å². The third kappa shape index (κ3) is 2.96. The average molecular weight is 245 g/mol. The smallest absolute Gasteiger partial charge is 0.130 e. The van der Waals surface area contributed by atoms with E-state index in [1.807, 2.05) is 24.3 Å². The van der Waals surface area contributed by atoms with Gasteiger partial charge in [-0.1, -0.05) is 17.7 Å². The van der Waals surface area contributed by atoms with Crippen molar-refractivity contribution in [2.45, 2.75) is 6.61 Å². The van der Waals surface area contributed by atoms with Crippen molar-refractivity contribution in [3.63, 3.8) is 0 Å². The first-order chi connectivity index (χ1) is 8.29. The van der Waals surface area contributed by atoms with Crippen molar-refractivity contribution in [2.24, 2.45) is 0 Å². The number of pyridine rings is 1. The van der Waals surface area contributed by atoms with Crippen molar-refractivity contribution in [3.8, 4) is 11.8 Å². The fraction of sp³-hybridized carbons (Fsp3) is 0.0769. The summed E-state index contributed by atoms with van der Waals surface area (Å²) in [6.45, 7) is 0.378. The Kier molecular flexibility index (Phi) is 3.59. The highest BCUT2D eigenvalue weighted by atomic mass is 35.5. The van der Waals surface area contributed by atoms with E-state index in [1.54, 1.807) is 24.4 Å². The maximum Gasteiger partial charge on any atom is 0.130 e. The van der Waals surface area contributed by atoms with Crippen molar-refractivity contribution in [3.05, 3.63) is 58.9 Å². The number of rotatable bonds is 3. The van der Waals surface area contributed by atoms with Crippen LogP contribution in [0.25, 0.3) is 0 Å². The number of benzene rings is 1. The fourth-order valence-corrected chi connectivity index (χ4v) is 1.53. The van der Waals surface area contributed by atoms with Gasteiger partial charge < -0.3 is 4.74 Å². The summed E-state index contributed by atoms with van der Waals surface area (Å²) in [7, 11) is 0. The summed E-state index contributed by atoms with van der Waals surface area (Å²) in [4.78, 5) is 4.14. The van der Waals surface area contributed by atoms with Crippen LogP contribution < -0.4 is 4.74 Å². The van der Waals surface area contributed by atoms with E-state index in [1.165, 1.54) is 0 Å². The molecule has 0 N–H and O–H groups in total. The molecule has 0 aliphatic rings. The summed E-state index contributed by atoms with van der Waals surface area (Å²) in [5.41, 5.74) is 1.28. The Hall–Kier alpha value is -2.05. The molecule has 3 nitrogen and oxygen atoms in total. The van der Waals surface area contributed by atoms with Crippen LogP contribution in [0.1, 0.15) is 11.3 Å². The number of nitriles is 1. The Morgan fingerprint density at radius 3 is 2.82 bits per heavy atom. The van der Waals surface area contributed by atoms with Gasteiger partial charge in [-0.3, -0.25) is 4.98 Å². The second-order valence-electron chi connectivity index (χ2n) is 3.36. The summed E-state index contributed by atoms with van der Waals surface area (Å²) in [5.74, 6) is 0.625. The van der Waals surface area contributed by atoms with E-state index in [-0.39, 0.29) is 0 Å². The Morgan fingerprint density at radius 1 is 1.29 bits per heavy atom. The van der Waals surface area contributed by atoms with Crippen LogP contribution in [0.2, 0.25) is 5.02 Å². The lowest BCUT2D eigenvalue weighted by atomic mass is 10.2. The Bertz CT molecular complexity index is 549. The van der Waals surface area contributed by atoms with Crippen molar-refractivity contribution >= 4 is 11.6 Å². The number of hydrogen-bond acceptors (Lipinski definition) is 3. The number of halogens is 1. The van der Waals surface area contributed by atoms with Crippen molar-refractivity contribution in [1.82, 2.24) is 4.98 Å². The first-order valence-corrected chi connectivity index (χ1v) is 5.40. The van der Waals surface area contributed by atoms with E-state index in [9.17, 15) is 0 Å². The molecular formula is C13H9ClN2O. The topological polar surface area (TPSA) is 45.9 Å². The molecule has 0 radical (unpaired) electrons. The van der Waals surface area contributed by atoms with Gasteiger partial charge in [0, 0.05) is 12.3 Å². The maximum atomic E-state index is 8.73. The van der Waals surface area contributed by atoms with Gasteiger partial charge in [0.25, 0.3) is 0 Å². The van der Waals surface area contributed by atoms with Crippen LogP contribution in [0.4, 0.5) is 0 Å². The van der Waals surface area contributed by atoms with Crippen LogP contribution in [0.3, 0.4) is 0 Å². The first kappa shape index (κ1) is 11.4. The molecule has 2 rings (SSSR count). The van der Waals surface area contributed by atoms with Gasteiger partial charge in [0.05, 0.1) is 16.3 Å². The largest absolute Gasteiger partial charge is 0.487 e. The second kappa shape index (κ2) is 5.33. The minimum Gasteiger partial charge on any atom is -0.487 e. The first-order valence-electron chi connectivity index (χ1n) is 5.02. The normalized spacial score (nSPS) is 9.65. The molecule has 0 saturated carbocycles. The highest BCUT2D eigenvalue weighted by Gasteiger charge is 2.02. The van der Waals surface area contributed by atoms with E-state index in [2.05, 4.69) is 4.98 Å². The molecule has 0 aliphatic heterocycles. The molecule has 0 spiro atoms. The maximum absolute atomic E-state index is 8.73. The third-order valence-electron chi connectivity index (χ3n) is 2.17. The van der Waals surface area contributed by atoms with Crippen LogP contribution in [-0.4, -0.2) is 4.98 Å². The lowest BCUT2D eigenvalue weighted by molar-refractivity contribution is 0.301. The van der Waals surface area contributed by atoms with Crippen LogP contribution >= 0.6 is 11.6 Å². The monoisotopic (exact) mass is 244 g/mol. The molecule has 0 amide bonds. The lowest BCUT2D eigenvalue weighted by Gasteiger charge is -2.06. The number of aromatic nitrogens is 1. The highest BCUT2D eigenvalue weighted by molar-refractivity contribution is 6.31. The zero-order chi connectivity index (χ0) is 12.1. The molecule has 0 aliphatic carbocycles. The number of ether oxygens (including phenoxy) is 1. The molecule has 0 atom stereocenters. The van der Waals surface area contributed by atoms with E-state index in [0.717, 1.165) is 5.69 Å². The molecule has 0 fully saturated rings. The van der Waals surface area contributed by atoms with Crippen LogP contribution in [0.5, 0.6) is 5.75 Å². The van der Waals surface area contributed by atoms with E-state index >= 15 is 0 Å². The standard InChI is InChI=1S/C13H9ClN2O/c14-13-7-12(5-4-10(13)8-15)17-9-11-3-1-2-6-16-11/h1-7H,9H2. The van der Waals surface area contributed by atoms with Gasteiger partial charge in [0.1, 0.15) is 18.4 Å². The quantitative estimate of drug-likeness (QED) is 0.833. The van der Waals surface area contributed by atoms with Crippen molar-refractivity contribution < 1.29 is 4.74 Å². The summed E-state index contributed by atoms with van der Waals surface area (Å²) < 4.78 is 5.52. The van der Waals surface area contributed by atoms with Gasteiger partial charge in [-0.2, -0.15) is 5.26 Å². The Labute approximate surface area is 104 Å². The Morgan fingerprint density at radius 2 is 2.18 bits per heavy atom. The summed E-state index contributed by atoms with van der Waals surface area (Å²) in [6, 6.07) is 12.6. The minimum atomic E-state index is 0.378. The van der Waals surface area contributed by atoms with Gasteiger partial charge in [0.2, 0.25) is 0 Å². The predicted octanol–water partition coefficient (Wildman–Crippen LogP) is 3.19. The highest BCUT2D eigenvalue weighted by Crippen LogP contribution is 2.22. The molecule has 0 saturated heterocycles. The molecule has 4 heteroatoms. The summed E-state index contributed by atoms with van der Waals surface area (Å²) in [5, 5.41) is 9.13. The number of hydrogen-bond donors (Lipinski definition) is 0. The fourth-order valence-electron chi connectivity index (χ4n) is 1.32. The summed E-state index contributed by atoms with van der Waals surface area (Å²) >= 11 is 5.89. The van der Waals surface area contributed by atoms with Gasteiger partial charge in [-0.15, -0.1) is 0 Å². The molecule has 1 heterocycles. The van der Waals surface area contributed by atoms with Crippen LogP contribution in [-0.2, 0) is 6.61 Å². The molecule has 84 valence electrons. The zero-order valence-corrected chi connectivity index (χ0v) is 9.69. The van der Waals surface area contributed by atoms with Gasteiger partial charge in [-0.25, -0.2) is 0 Å². The van der Waals surface area contributed by atoms with E-state index in [0.29, 0.717) is 22.9 Å². The Balaban J connectivity index is 2.06. The summed E-state index contributed by atoms with van der Waals surface area (Å²) in [6.07, 6.45) is 1.71. The number of nitrogens with zero attached hydrogens (tertiary/aromatic N) is 2. The van der Waals surface area contributed by atoms with Crippen molar-refractivity contribution in [2.75, 3.05) is 0 Å². The third-order valence-corrected chi connectivity index (χ3v) is 2.49. The molecule has 0 bridgehead atoms. The lowest BCUT2D eigenvalue weighted by Crippen LogP contribution is -1.97.